The number of hydrogen-bond acceptors (Lipinski definition) is 5. The summed E-state index contributed by atoms with van der Waals surface area (Å²) < 4.78 is 5.06. The summed E-state index contributed by atoms with van der Waals surface area (Å²) in [7, 11) is 0. The lowest BCUT2D eigenvalue weighted by Gasteiger charge is -2.33. The second-order valence-electron chi connectivity index (χ2n) is 6.01. The number of halogens is 1. The van der Waals surface area contributed by atoms with E-state index in [-0.39, 0.29) is 11.9 Å². The van der Waals surface area contributed by atoms with Crippen molar-refractivity contribution in [3.05, 3.63) is 28.8 Å². The van der Waals surface area contributed by atoms with E-state index in [9.17, 15) is 14.4 Å². The zero-order valence-corrected chi connectivity index (χ0v) is 14.2. The Kier molecular flexibility index (Phi) is 4.87. The van der Waals surface area contributed by atoms with Crippen LogP contribution < -0.4 is 4.90 Å². The third-order valence-electron chi connectivity index (χ3n) is 4.48. The first-order chi connectivity index (χ1) is 11.5. The first kappa shape index (κ1) is 16.9. The van der Waals surface area contributed by atoms with Gasteiger partial charge in [-0.25, -0.2) is 0 Å². The van der Waals surface area contributed by atoms with Crippen LogP contribution in [0.5, 0.6) is 0 Å². The van der Waals surface area contributed by atoms with E-state index in [0.717, 1.165) is 0 Å². The number of carbonyl (C=O) groups is 3. The molecule has 2 aliphatic rings. The van der Waals surface area contributed by atoms with Gasteiger partial charge in [0, 0.05) is 18.1 Å². The Morgan fingerprint density at radius 1 is 1.29 bits per heavy atom. The van der Waals surface area contributed by atoms with Gasteiger partial charge in [0.2, 0.25) is 0 Å². The van der Waals surface area contributed by atoms with Gasteiger partial charge in [-0.2, -0.15) is 0 Å². The lowest BCUT2D eigenvalue weighted by molar-refractivity contribution is -0.149. The second kappa shape index (κ2) is 6.91. The highest BCUT2D eigenvalue weighted by atomic mass is 35.5. The number of amides is 1. The largest absolute Gasteiger partial charge is 0.466 e. The fourth-order valence-electron chi connectivity index (χ4n) is 3.18. The number of hydrogen-bond donors (Lipinski definition) is 0. The molecule has 1 fully saturated rings. The number of fused-ring (bicyclic) bond motifs is 1. The number of esters is 1. The van der Waals surface area contributed by atoms with Crippen LogP contribution in [0.2, 0.25) is 5.02 Å². The number of ketones is 1. The van der Waals surface area contributed by atoms with Gasteiger partial charge in [-0.1, -0.05) is 11.6 Å². The van der Waals surface area contributed by atoms with Crippen molar-refractivity contribution in [1.82, 2.24) is 4.90 Å². The van der Waals surface area contributed by atoms with E-state index in [0.29, 0.717) is 55.5 Å². The Morgan fingerprint density at radius 3 is 2.67 bits per heavy atom. The molecule has 0 aromatic heterocycles. The van der Waals surface area contributed by atoms with E-state index in [4.69, 9.17) is 16.3 Å². The van der Waals surface area contributed by atoms with Crippen molar-refractivity contribution >= 4 is 34.9 Å². The predicted octanol–water partition coefficient (Wildman–Crippen LogP) is 2.10. The number of nitrogens with zero attached hydrogens (tertiary/aromatic N) is 2. The maximum absolute atomic E-state index is 12.2. The summed E-state index contributed by atoms with van der Waals surface area (Å²) in [6.07, 6.45) is 1.39. The van der Waals surface area contributed by atoms with Gasteiger partial charge in [0.15, 0.2) is 0 Å². The fourth-order valence-corrected chi connectivity index (χ4v) is 3.36. The normalized spacial score (nSPS) is 18.8. The molecule has 0 atom stereocenters. The van der Waals surface area contributed by atoms with Crippen LogP contribution in [0.4, 0.5) is 5.69 Å². The van der Waals surface area contributed by atoms with Crippen molar-refractivity contribution in [2.45, 2.75) is 19.8 Å². The first-order valence-electron chi connectivity index (χ1n) is 8.06. The van der Waals surface area contributed by atoms with E-state index in [2.05, 4.69) is 4.90 Å². The highest BCUT2D eigenvalue weighted by Crippen LogP contribution is 2.32. The lowest BCUT2D eigenvalue weighted by Crippen LogP contribution is -2.45. The van der Waals surface area contributed by atoms with Crippen LogP contribution in [-0.2, 0) is 14.3 Å². The molecule has 7 heteroatoms. The molecule has 128 valence electrons. The van der Waals surface area contributed by atoms with Crippen LogP contribution in [0.15, 0.2) is 18.2 Å². The van der Waals surface area contributed by atoms with E-state index in [1.54, 1.807) is 19.1 Å². The van der Waals surface area contributed by atoms with E-state index < -0.39 is 11.7 Å². The van der Waals surface area contributed by atoms with Crippen LogP contribution >= 0.6 is 11.6 Å². The first-order valence-corrected chi connectivity index (χ1v) is 8.43. The van der Waals surface area contributed by atoms with Crippen LogP contribution in [0, 0.1) is 5.92 Å². The molecule has 3 rings (SSSR count). The second-order valence-corrected chi connectivity index (χ2v) is 6.45. The Bertz CT molecular complexity index is 683. The third kappa shape index (κ3) is 3.16. The van der Waals surface area contributed by atoms with Gasteiger partial charge in [-0.3, -0.25) is 24.2 Å². The van der Waals surface area contributed by atoms with Crippen LogP contribution in [-0.4, -0.2) is 48.9 Å². The smallest absolute Gasteiger partial charge is 0.309 e. The Morgan fingerprint density at radius 2 is 2.00 bits per heavy atom. The average molecular weight is 351 g/mol. The summed E-state index contributed by atoms with van der Waals surface area (Å²) >= 11 is 5.91. The van der Waals surface area contributed by atoms with E-state index >= 15 is 0 Å². The minimum Gasteiger partial charge on any atom is -0.466 e. The highest BCUT2D eigenvalue weighted by Gasteiger charge is 2.37. The summed E-state index contributed by atoms with van der Waals surface area (Å²) in [6, 6.07) is 4.90. The van der Waals surface area contributed by atoms with E-state index in [1.165, 1.54) is 11.0 Å². The SMILES string of the molecule is CCOC(=O)C1CCN(CN2C(=O)C(=O)c3cc(Cl)ccc32)CC1. The van der Waals surface area contributed by atoms with Gasteiger partial charge in [0.25, 0.3) is 5.78 Å². The molecule has 1 aromatic carbocycles. The maximum atomic E-state index is 12.2. The minimum atomic E-state index is -0.528. The summed E-state index contributed by atoms with van der Waals surface area (Å²) in [5, 5.41) is 0.437. The number of piperidine rings is 1. The van der Waals surface area contributed by atoms with Crippen molar-refractivity contribution in [3.63, 3.8) is 0 Å². The van der Waals surface area contributed by atoms with Gasteiger partial charge < -0.3 is 4.74 Å². The third-order valence-corrected chi connectivity index (χ3v) is 4.72. The molecule has 1 amide bonds. The summed E-state index contributed by atoms with van der Waals surface area (Å²) in [6.45, 7) is 3.90. The van der Waals surface area contributed by atoms with E-state index in [1.807, 2.05) is 0 Å². The van der Waals surface area contributed by atoms with Crippen LogP contribution in [0.1, 0.15) is 30.1 Å². The molecular formula is C17H19ClN2O4. The minimum absolute atomic E-state index is 0.0804. The van der Waals surface area contributed by atoms with Gasteiger partial charge >= 0.3 is 11.9 Å². The highest BCUT2D eigenvalue weighted by molar-refractivity contribution is 6.52. The lowest BCUT2D eigenvalue weighted by atomic mass is 9.97. The maximum Gasteiger partial charge on any atom is 0.309 e. The average Bonchev–Trinajstić information content (AvgIpc) is 2.80. The molecule has 0 N–H and O–H groups in total. The number of benzene rings is 1. The molecular weight excluding hydrogens is 332 g/mol. The number of rotatable bonds is 4. The zero-order valence-electron chi connectivity index (χ0n) is 13.5. The van der Waals surface area contributed by atoms with Crippen LogP contribution in [0.25, 0.3) is 0 Å². The molecule has 2 heterocycles. The number of anilines is 1. The molecule has 0 bridgehead atoms. The Hall–Kier alpha value is -1.92. The standard InChI is InChI=1S/C17H19ClN2O4/c1-2-24-17(23)11-5-7-19(8-6-11)10-20-14-4-3-12(18)9-13(14)15(21)16(20)22/h3-4,9,11H,2,5-8,10H2,1H3. The molecule has 1 aromatic rings. The summed E-state index contributed by atoms with van der Waals surface area (Å²) in [5.74, 6) is -1.28. The fraction of sp³-hybridized carbons (Fsp3) is 0.471. The van der Waals surface area contributed by atoms with Crippen molar-refractivity contribution in [1.29, 1.82) is 0 Å². The zero-order chi connectivity index (χ0) is 17.3. The topological polar surface area (TPSA) is 66.9 Å². The Balaban J connectivity index is 1.65. The predicted molar refractivity (Wildman–Crippen MR) is 89.1 cm³/mol. The monoisotopic (exact) mass is 350 g/mol. The Labute approximate surface area is 145 Å². The molecule has 0 aliphatic carbocycles. The van der Waals surface area contributed by atoms with Gasteiger partial charge in [0.1, 0.15) is 0 Å². The van der Waals surface area contributed by atoms with Crippen molar-refractivity contribution in [3.8, 4) is 0 Å². The number of likely N-dealkylation sites (tertiary alicyclic amines) is 1. The van der Waals surface area contributed by atoms with Crippen LogP contribution in [0.3, 0.4) is 0 Å². The quantitative estimate of drug-likeness (QED) is 0.614. The summed E-state index contributed by atoms with van der Waals surface area (Å²) in [5.41, 5.74) is 0.954. The molecule has 24 heavy (non-hydrogen) atoms. The number of Topliss-reactive ketones (excluding diaryl/α,β-unsaturated/α-hetero) is 1. The van der Waals surface area contributed by atoms with Crippen molar-refractivity contribution < 1.29 is 19.1 Å². The van der Waals surface area contributed by atoms with Gasteiger partial charge in [-0.05, 0) is 38.0 Å². The van der Waals surface area contributed by atoms with Gasteiger partial charge in [0.05, 0.1) is 30.4 Å². The molecule has 0 radical (unpaired) electrons. The number of carbonyl (C=O) groups excluding carboxylic acids is 3. The van der Waals surface area contributed by atoms with Gasteiger partial charge in [-0.15, -0.1) is 0 Å². The molecule has 6 nitrogen and oxygen atoms in total. The number of ether oxygens (including phenoxy) is 1. The summed E-state index contributed by atoms with van der Waals surface area (Å²) in [4.78, 5) is 39.7. The molecule has 1 saturated heterocycles. The molecule has 0 unspecified atom stereocenters. The molecule has 0 spiro atoms. The van der Waals surface area contributed by atoms with Crippen molar-refractivity contribution in [2.75, 3.05) is 31.3 Å². The molecule has 2 aliphatic heterocycles. The van der Waals surface area contributed by atoms with Crippen molar-refractivity contribution in [2.24, 2.45) is 5.92 Å². The molecule has 0 saturated carbocycles.